The van der Waals surface area contributed by atoms with Gasteiger partial charge in [0.25, 0.3) is 0 Å². The van der Waals surface area contributed by atoms with Gasteiger partial charge in [-0.05, 0) is 79.6 Å². The van der Waals surface area contributed by atoms with E-state index in [0.717, 1.165) is 16.5 Å². The molecule has 3 atom stereocenters. The minimum Gasteiger partial charge on any atom is -0.477 e. The Morgan fingerprint density at radius 2 is 1.67 bits per heavy atom. The van der Waals surface area contributed by atoms with E-state index in [1.165, 1.54) is 28.6 Å². The molecule has 0 aliphatic carbocycles. The molecule has 1 aliphatic heterocycles. The number of halogens is 1. The molecule has 6 rings (SSSR count). The lowest BCUT2D eigenvalue weighted by Crippen LogP contribution is -2.50. The third kappa shape index (κ3) is 12.5. The fourth-order valence-electron chi connectivity index (χ4n) is 7.24. The van der Waals surface area contributed by atoms with Crippen LogP contribution in [0.3, 0.4) is 0 Å². The number of rotatable bonds is 19. The van der Waals surface area contributed by atoms with Gasteiger partial charge in [0.15, 0.2) is 0 Å². The predicted octanol–water partition coefficient (Wildman–Crippen LogP) is 5.75. The van der Waals surface area contributed by atoms with Crippen molar-refractivity contribution in [2.75, 3.05) is 42.9 Å². The summed E-state index contributed by atoms with van der Waals surface area (Å²) in [7, 11) is 0. The molecule has 0 radical (unpaired) electrons. The van der Waals surface area contributed by atoms with Gasteiger partial charge in [-0.2, -0.15) is 0 Å². The molecule has 18 heteroatoms. The van der Waals surface area contributed by atoms with E-state index in [1.54, 1.807) is 46.7 Å². The lowest BCUT2D eigenvalue weighted by atomic mass is 10.0. The Balaban J connectivity index is 1.01. The van der Waals surface area contributed by atoms with Crippen LogP contribution in [0.5, 0.6) is 0 Å². The van der Waals surface area contributed by atoms with E-state index >= 15 is 4.39 Å². The molecule has 338 valence electrons. The van der Waals surface area contributed by atoms with Crippen molar-refractivity contribution in [1.29, 1.82) is 0 Å². The summed E-state index contributed by atoms with van der Waals surface area (Å²) in [6.07, 6.45) is 3.83. The molecule has 3 aromatic carbocycles. The first-order valence-corrected chi connectivity index (χ1v) is 22.0. The standard InChI is InChI=1S/C46H53FN8O8S/c1-2-53-27-35(44(58)59)42(56)34-24-36(47)41(25-40(34)53)54-18-20-55(21-19-54)46(61)63-29-31-13-15-32(16-14-31)51-43(57)38(12-6-7-17-48)50-26-37(49)39(23-33-11-8-22-64-33)52-45(60)62-28-30-9-4-3-5-10-30/h3-5,8-11,13-16,22,24-27,37-39H,2,6-7,12,17-21,23,28-29,48-49H2,1H3,(H,51,57)(H,52,60)(H,58,59). The van der Waals surface area contributed by atoms with Gasteiger partial charge in [0, 0.05) is 67.5 Å². The summed E-state index contributed by atoms with van der Waals surface area (Å²) in [5, 5.41) is 17.2. The first-order valence-electron chi connectivity index (χ1n) is 21.1. The van der Waals surface area contributed by atoms with Crippen molar-refractivity contribution in [2.24, 2.45) is 16.5 Å². The molecule has 3 unspecified atom stereocenters. The first kappa shape index (κ1) is 46.9. The van der Waals surface area contributed by atoms with E-state index in [9.17, 15) is 29.1 Å². The van der Waals surface area contributed by atoms with Crippen LogP contribution < -0.4 is 32.4 Å². The van der Waals surface area contributed by atoms with Crippen molar-refractivity contribution in [3.8, 4) is 0 Å². The van der Waals surface area contributed by atoms with Gasteiger partial charge in [-0.25, -0.2) is 18.8 Å². The van der Waals surface area contributed by atoms with Gasteiger partial charge < -0.3 is 51.0 Å². The van der Waals surface area contributed by atoms with Crippen LogP contribution in [0.2, 0.25) is 0 Å². The molecule has 0 spiro atoms. The normalized spacial score (nSPS) is 14.2. The second-order valence-corrected chi connectivity index (χ2v) is 16.3. The zero-order valence-electron chi connectivity index (χ0n) is 35.5. The Morgan fingerprint density at radius 1 is 0.953 bits per heavy atom. The number of benzene rings is 3. The number of thiophene rings is 1. The molecule has 2 aromatic heterocycles. The predicted molar refractivity (Wildman–Crippen MR) is 245 cm³/mol. The van der Waals surface area contributed by atoms with E-state index in [2.05, 4.69) is 15.6 Å². The number of ether oxygens (including phenoxy) is 2. The topological polar surface area (TPSA) is 224 Å². The monoisotopic (exact) mass is 896 g/mol. The summed E-state index contributed by atoms with van der Waals surface area (Å²) in [5.74, 6) is -2.39. The first-order chi connectivity index (χ1) is 30.9. The molecular weight excluding hydrogens is 844 g/mol. The summed E-state index contributed by atoms with van der Waals surface area (Å²) < 4.78 is 28.0. The molecule has 1 fully saturated rings. The Bertz CT molecular complexity index is 2460. The highest BCUT2D eigenvalue weighted by molar-refractivity contribution is 7.09. The Hall–Kier alpha value is -6.63. The van der Waals surface area contributed by atoms with E-state index in [4.69, 9.17) is 20.9 Å². The molecule has 0 saturated carbocycles. The molecule has 3 amide bonds. The van der Waals surface area contributed by atoms with Gasteiger partial charge >= 0.3 is 18.2 Å². The van der Waals surface area contributed by atoms with Crippen molar-refractivity contribution in [3.05, 3.63) is 128 Å². The van der Waals surface area contributed by atoms with Gasteiger partial charge in [-0.3, -0.25) is 14.6 Å². The van der Waals surface area contributed by atoms with Crippen LogP contribution in [0, 0.1) is 5.82 Å². The number of nitrogens with one attached hydrogen (secondary N) is 2. The highest BCUT2D eigenvalue weighted by atomic mass is 32.1. The van der Waals surface area contributed by atoms with Crippen LogP contribution in [0.15, 0.2) is 100 Å². The second-order valence-electron chi connectivity index (χ2n) is 15.3. The maximum Gasteiger partial charge on any atom is 0.410 e. The highest BCUT2D eigenvalue weighted by Crippen LogP contribution is 2.27. The summed E-state index contributed by atoms with van der Waals surface area (Å²) in [6.45, 7) is 3.82. The zero-order chi connectivity index (χ0) is 45.6. The van der Waals surface area contributed by atoms with Gasteiger partial charge in [0.05, 0.1) is 23.3 Å². The minimum absolute atomic E-state index is 0.0154. The number of amides is 3. The number of hydrogen-bond donors (Lipinski definition) is 5. The number of carbonyl (C=O) groups is 4. The number of hydrogen-bond acceptors (Lipinski definition) is 12. The maximum atomic E-state index is 15.4. The minimum atomic E-state index is -1.38. The number of nitrogens with two attached hydrogens (primary N) is 2. The zero-order valence-corrected chi connectivity index (χ0v) is 36.3. The number of aromatic carboxylic acids is 1. The number of aromatic nitrogens is 1. The molecule has 64 heavy (non-hydrogen) atoms. The fourth-order valence-corrected chi connectivity index (χ4v) is 8.00. The average Bonchev–Trinajstić information content (AvgIpc) is 3.82. The molecular formula is C46H53FN8O8S. The van der Waals surface area contributed by atoms with Gasteiger partial charge in [-0.1, -0.05) is 48.5 Å². The number of fused-ring (bicyclic) bond motifs is 1. The largest absolute Gasteiger partial charge is 0.477 e. The molecule has 7 N–H and O–H groups in total. The number of carbonyl (C=O) groups excluding carboxylic acids is 3. The van der Waals surface area contributed by atoms with Gasteiger partial charge in [-0.15, -0.1) is 11.3 Å². The van der Waals surface area contributed by atoms with E-state index in [1.807, 2.05) is 47.8 Å². The summed E-state index contributed by atoms with van der Waals surface area (Å²) in [5.41, 5.74) is 13.9. The van der Waals surface area contributed by atoms with E-state index in [0.29, 0.717) is 68.6 Å². The lowest BCUT2D eigenvalue weighted by Gasteiger charge is -2.35. The Labute approximate surface area is 373 Å². The van der Waals surface area contributed by atoms with Crippen molar-refractivity contribution in [2.45, 2.75) is 70.5 Å². The fraction of sp³-hybridized carbons (Fsp3) is 0.348. The van der Waals surface area contributed by atoms with Gasteiger partial charge in [0.1, 0.15) is 30.6 Å². The highest BCUT2D eigenvalue weighted by Gasteiger charge is 2.26. The lowest BCUT2D eigenvalue weighted by molar-refractivity contribution is -0.117. The Kier molecular flexibility index (Phi) is 16.6. The van der Waals surface area contributed by atoms with Crippen LogP contribution in [-0.2, 0) is 40.4 Å². The van der Waals surface area contributed by atoms with Crippen LogP contribution in [0.4, 0.5) is 25.4 Å². The third-order valence-electron chi connectivity index (χ3n) is 10.8. The number of alkyl carbamates (subject to hydrolysis) is 1. The third-order valence-corrected chi connectivity index (χ3v) is 11.7. The van der Waals surface area contributed by atoms with Crippen LogP contribution in [-0.4, -0.2) is 95.7 Å². The number of carboxylic acids is 1. The summed E-state index contributed by atoms with van der Waals surface area (Å²) >= 11 is 1.54. The van der Waals surface area contributed by atoms with Crippen LogP contribution in [0.25, 0.3) is 10.9 Å². The molecule has 1 saturated heterocycles. The number of anilines is 2. The quantitative estimate of drug-likeness (QED) is 0.0496. The van der Waals surface area contributed by atoms with Crippen LogP contribution >= 0.6 is 11.3 Å². The van der Waals surface area contributed by atoms with Crippen molar-refractivity contribution < 1.29 is 38.1 Å². The smallest absolute Gasteiger partial charge is 0.410 e. The number of piperazine rings is 1. The number of unbranched alkanes of at least 4 members (excludes halogenated alkanes) is 1. The Morgan fingerprint density at radius 3 is 2.34 bits per heavy atom. The molecule has 3 heterocycles. The molecule has 16 nitrogen and oxygen atoms in total. The van der Waals surface area contributed by atoms with Crippen LogP contribution in [0.1, 0.15) is 52.5 Å². The summed E-state index contributed by atoms with van der Waals surface area (Å²) in [4.78, 5) is 72.7. The maximum absolute atomic E-state index is 15.4. The number of carboxylic acid groups (broad SMARTS) is 1. The number of pyridine rings is 1. The van der Waals surface area contributed by atoms with Gasteiger partial charge in [0.2, 0.25) is 11.3 Å². The second kappa shape index (κ2) is 22.6. The molecule has 5 aromatic rings. The molecule has 0 bridgehead atoms. The average molecular weight is 897 g/mol. The number of aliphatic imine (C=N–C) groups is 1. The van der Waals surface area contributed by atoms with Crippen molar-refractivity contribution >= 4 is 63.9 Å². The van der Waals surface area contributed by atoms with Crippen molar-refractivity contribution in [1.82, 2.24) is 14.8 Å². The van der Waals surface area contributed by atoms with E-state index in [-0.39, 0.29) is 43.3 Å². The summed E-state index contributed by atoms with van der Waals surface area (Å²) in [6, 6.07) is 20.6. The SMILES string of the molecule is CCn1cc(C(=O)O)c(=O)c2cc(F)c(N3CCN(C(=O)OCc4ccc(NC(=O)C(CCCCN)N=CC(N)C(Cc5cccs5)NC(=O)OCc5ccccc5)cc4)CC3)cc21. The van der Waals surface area contributed by atoms with E-state index < -0.39 is 53.1 Å². The molecule has 1 aliphatic rings. The number of nitrogens with zero attached hydrogens (tertiary/aromatic N) is 4. The number of aryl methyl sites for hydroxylation is 1. The van der Waals surface area contributed by atoms with Crippen molar-refractivity contribution in [3.63, 3.8) is 0 Å².